The first-order valence-corrected chi connectivity index (χ1v) is 4.84. The standard InChI is InChI=1S/C7H8O.C7H7.U/c8-6-7-4-2-1-3-5-7;1-7-5-3-2-4-6-7;/h1-5,8H,6H2;2-6H,1H2;/q;-1;. The predicted octanol–water partition coefficient (Wildman–Crippen LogP) is 3.05. The molecule has 0 amide bonds. The molecule has 2 aromatic carbocycles. The minimum atomic E-state index is 0. The van der Waals surface area contributed by atoms with E-state index in [4.69, 9.17) is 5.11 Å². The van der Waals surface area contributed by atoms with Crippen molar-refractivity contribution in [3.05, 3.63) is 78.7 Å². The number of hydrogen-bond acceptors (Lipinski definition) is 1. The van der Waals surface area contributed by atoms with Crippen LogP contribution in [0.15, 0.2) is 60.7 Å². The van der Waals surface area contributed by atoms with Crippen LogP contribution in [0.25, 0.3) is 0 Å². The summed E-state index contributed by atoms with van der Waals surface area (Å²) in [6.07, 6.45) is 0. The number of rotatable bonds is 1. The quantitative estimate of drug-likeness (QED) is 0.681. The van der Waals surface area contributed by atoms with Crippen molar-refractivity contribution in [2.45, 2.75) is 6.61 Å². The van der Waals surface area contributed by atoms with Gasteiger partial charge in [0, 0.05) is 31.1 Å². The van der Waals surface area contributed by atoms with Gasteiger partial charge >= 0.3 is 0 Å². The van der Waals surface area contributed by atoms with Crippen molar-refractivity contribution in [1.29, 1.82) is 0 Å². The van der Waals surface area contributed by atoms with Gasteiger partial charge in [0.15, 0.2) is 0 Å². The summed E-state index contributed by atoms with van der Waals surface area (Å²) in [6, 6.07) is 19.4. The van der Waals surface area contributed by atoms with Crippen LogP contribution in [0.3, 0.4) is 0 Å². The fraction of sp³-hybridized carbons (Fsp3) is 0.0714. The largest absolute Gasteiger partial charge is 0.392 e. The normalized spacial score (nSPS) is 8.31. The van der Waals surface area contributed by atoms with E-state index in [1.54, 1.807) is 0 Å². The predicted molar refractivity (Wildman–Crippen MR) is 63.3 cm³/mol. The second kappa shape index (κ2) is 9.54. The van der Waals surface area contributed by atoms with Crippen molar-refractivity contribution in [3.8, 4) is 0 Å². The summed E-state index contributed by atoms with van der Waals surface area (Å²) >= 11 is 0. The van der Waals surface area contributed by atoms with E-state index >= 15 is 0 Å². The molecule has 0 fully saturated rings. The Kier molecular flexibility index (Phi) is 9.14. The molecule has 0 aliphatic heterocycles. The summed E-state index contributed by atoms with van der Waals surface area (Å²) in [5, 5.41) is 8.54. The summed E-state index contributed by atoms with van der Waals surface area (Å²) in [7, 11) is 0. The van der Waals surface area contributed by atoms with Crippen molar-refractivity contribution in [3.63, 3.8) is 0 Å². The van der Waals surface area contributed by atoms with Gasteiger partial charge < -0.3 is 5.11 Å². The van der Waals surface area contributed by atoms with E-state index in [9.17, 15) is 0 Å². The monoisotopic (exact) mass is 437 g/mol. The Bertz CT molecular complexity index is 359. The Balaban J connectivity index is 0.000000267. The Labute approximate surface area is 121 Å². The number of aliphatic hydroxyl groups excluding tert-OH is 1. The van der Waals surface area contributed by atoms with Gasteiger partial charge in [0.25, 0.3) is 0 Å². The van der Waals surface area contributed by atoms with Gasteiger partial charge in [-0.2, -0.15) is 24.6 Å². The van der Waals surface area contributed by atoms with Crippen molar-refractivity contribution in [2.24, 2.45) is 0 Å². The molecule has 0 aromatic heterocycles. The third-order valence-corrected chi connectivity index (χ3v) is 1.87. The molecule has 16 heavy (non-hydrogen) atoms. The molecule has 0 spiro atoms. The molecule has 1 N–H and O–H groups in total. The maximum absolute atomic E-state index is 8.54. The molecule has 2 heteroatoms. The first-order valence-electron chi connectivity index (χ1n) is 4.84. The van der Waals surface area contributed by atoms with E-state index in [1.165, 1.54) is 0 Å². The molecule has 1 nitrogen and oxygen atoms in total. The fourth-order valence-electron chi connectivity index (χ4n) is 1.06. The zero-order chi connectivity index (χ0) is 10.9. The second-order valence-corrected chi connectivity index (χ2v) is 3.13. The van der Waals surface area contributed by atoms with Crippen LogP contribution in [0.2, 0.25) is 0 Å². The van der Waals surface area contributed by atoms with Crippen LogP contribution in [0.5, 0.6) is 0 Å². The molecule has 0 saturated carbocycles. The van der Waals surface area contributed by atoms with Gasteiger partial charge in [0.1, 0.15) is 0 Å². The molecular formula is C14H15OU-. The Hall–Kier alpha value is -0.678. The smallest absolute Gasteiger partial charge is 0.0681 e. The number of benzene rings is 2. The molecule has 0 bridgehead atoms. The third kappa shape index (κ3) is 6.74. The minimum Gasteiger partial charge on any atom is -0.392 e. The maximum Gasteiger partial charge on any atom is 0.0681 e. The molecular weight excluding hydrogens is 422 g/mol. The molecule has 2 aromatic rings. The van der Waals surface area contributed by atoms with Gasteiger partial charge in [0.2, 0.25) is 0 Å². The molecule has 0 saturated heterocycles. The number of aliphatic hydroxyl groups is 1. The average Bonchev–Trinajstić information content (AvgIpc) is 2.32. The average molecular weight is 437 g/mol. The zero-order valence-electron chi connectivity index (χ0n) is 9.13. The second-order valence-electron chi connectivity index (χ2n) is 3.13. The Morgan fingerprint density at radius 3 is 1.50 bits per heavy atom. The Morgan fingerprint density at radius 2 is 1.25 bits per heavy atom. The molecule has 0 aliphatic carbocycles. The van der Waals surface area contributed by atoms with Crippen LogP contribution in [0.4, 0.5) is 0 Å². The first kappa shape index (κ1) is 15.3. The zero-order valence-corrected chi connectivity index (χ0v) is 13.3. The van der Waals surface area contributed by atoms with Crippen LogP contribution < -0.4 is 0 Å². The topological polar surface area (TPSA) is 20.2 Å². The summed E-state index contributed by atoms with van der Waals surface area (Å²) in [5.74, 6) is 0. The van der Waals surface area contributed by atoms with Gasteiger partial charge in [-0.15, -0.1) is 12.1 Å². The summed E-state index contributed by atoms with van der Waals surface area (Å²) in [4.78, 5) is 0. The van der Waals surface area contributed by atoms with E-state index in [-0.39, 0.29) is 37.7 Å². The van der Waals surface area contributed by atoms with Crippen LogP contribution in [0, 0.1) is 38.0 Å². The molecule has 0 aliphatic rings. The molecule has 82 valence electrons. The van der Waals surface area contributed by atoms with E-state index in [1.807, 2.05) is 60.7 Å². The fourth-order valence-corrected chi connectivity index (χ4v) is 1.06. The molecule has 0 radical (unpaired) electrons. The summed E-state index contributed by atoms with van der Waals surface area (Å²) < 4.78 is 0. The van der Waals surface area contributed by atoms with E-state index in [0.717, 1.165) is 11.1 Å². The van der Waals surface area contributed by atoms with Crippen LogP contribution >= 0.6 is 0 Å². The minimum absolute atomic E-state index is 0. The Morgan fingerprint density at radius 1 is 0.812 bits per heavy atom. The van der Waals surface area contributed by atoms with Gasteiger partial charge in [-0.25, -0.2) is 0 Å². The molecule has 2 rings (SSSR count). The maximum atomic E-state index is 8.54. The summed E-state index contributed by atoms with van der Waals surface area (Å²) in [5.41, 5.74) is 2.04. The van der Waals surface area contributed by atoms with Gasteiger partial charge in [-0.05, 0) is 5.56 Å². The van der Waals surface area contributed by atoms with Gasteiger partial charge in [-0.3, -0.25) is 0 Å². The van der Waals surface area contributed by atoms with Crippen molar-refractivity contribution in [2.75, 3.05) is 0 Å². The molecule has 0 atom stereocenters. The van der Waals surface area contributed by atoms with Crippen LogP contribution in [-0.4, -0.2) is 5.11 Å². The summed E-state index contributed by atoms with van der Waals surface area (Å²) in [6.45, 7) is 3.86. The van der Waals surface area contributed by atoms with Crippen molar-refractivity contribution < 1.29 is 36.2 Å². The SMILES string of the molecule is OCc1ccccc1.[CH2-]c1ccccc1.[U]. The van der Waals surface area contributed by atoms with E-state index in [2.05, 4.69) is 6.92 Å². The third-order valence-electron chi connectivity index (χ3n) is 1.87. The molecule has 0 unspecified atom stereocenters. The van der Waals surface area contributed by atoms with Crippen LogP contribution in [0.1, 0.15) is 11.1 Å². The van der Waals surface area contributed by atoms with Gasteiger partial charge in [-0.1, -0.05) is 36.4 Å². The van der Waals surface area contributed by atoms with Crippen molar-refractivity contribution in [1.82, 2.24) is 0 Å². The van der Waals surface area contributed by atoms with E-state index in [0.29, 0.717) is 0 Å². The van der Waals surface area contributed by atoms with Gasteiger partial charge in [0.05, 0.1) is 6.61 Å². The molecule has 0 heterocycles. The van der Waals surface area contributed by atoms with E-state index < -0.39 is 0 Å². The van der Waals surface area contributed by atoms with Crippen LogP contribution in [-0.2, 0) is 6.61 Å². The first-order chi connectivity index (χ1) is 7.33. The number of hydrogen-bond donors (Lipinski definition) is 1. The van der Waals surface area contributed by atoms with Crippen molar-refractivity contribution >= 4 is 0 Å².